The summed E-state index contributed by atoms with van der Waals surface area (Å²) in [5.41, 5.74) is 1.14. The van der Waals surface area contributed by atoms with Crippen molar-refractivity contribution >= 4 is 5.82 Å². The molecule has 0 atom stereocenters. The van der Waals surface area contributed by atoms with Gasteiger partial charge in [-0.1, -0.05) is 13.8 Å². The Bertz CT molecular complexity index is 356. The number of nitrogens with one attached hydrogen (secondary N) is 1. The van der Waals surface area contributed by atoms with Crippen molar-refractivity contribution in [3.8, 4) is 0 Å². The van der Waals surface area contributed by atoms with Gasteiger partial charge in [-0.3, -0.25) is 0 Å². The second-order valence-electron chi connectivity index (χ2n) is 4.59. The van der Waals surface area contributed by atoms with Gasteiger partial charge in [-0.15, -0.1) is 0 Å². The Balaban J connectivity index is 2.25. The third-order valence-electron chi connectivity index (χ3n) is 2.88. The largest absolute Gasteiger partial charge is 0.354 e. The van der Waals surface area contributed by atoms with Gasteiger partial charge in [0.1, 0.15) is 11.6 Å². The van der Waals surface area contributed by atoms with Gasteiger partial charge in [0, 0.05) is 37.9 Å². The maximum atomic E-state index is 4.53. The quantitative estimate of drug-likeness (QED) is 0.816. The number of aryl methyl sites for hydroxylation is 1. The fraction of sp³-hybridized carbons (Fsp3) is 0.667. The Morgan fingerprint density at radius 3 is 2.56 bits per heavy atom. The van der Waals surface area contributed by atoms with E-state index in [2.05, 4.69) is 40.1 Å². The fourth-order valence-electron chi connectivity index (χ4n) is 1.93. The Kier molecular flexibility index (Phi) is 3.39. The first kappa shape index (κ1) is 11.3. The van der Waals surface area contributed by atoms with Gasteiger partial charge in [-0.05, 0) is 12.8 Å². The van der Waals surface area contributed by atoms with Crippen LogP contribution in [-0.4, -0.2) is 36.1 Å². The van der Waals surface area contributed by atoms with Crippen molar-refractivity contribution in [2.24, 2.45) is 0 Å². The third-order valence-corrected chi connectivity index (χ3v) is 2.88. The highest BCUT2D eigenvalue weighted by molar-refractivity contribution is 5.41. The summed E-state index contributed by atoms with van der Waals surface area (Å²) in [6.07, 6.45) is 0. The van der Waals surface area contributed by atoms with Crippen molar-refractivity contribution in [2.75, 3.05) is 31.1 Å². The van der Waals surface area contributed by atoms with E-state index in [0.717, 1.165) is 43.5 Å². The van der Waals surface area contributed by atoms with E-state index in [4.69, 9.17) is 0 Å². The summed E-state index contributed by atoms with van der Waals surface area (Å²) >= 11 is 0. The first-order valence-corrected chi connectivity index (χ1v) is 5.98. The third kappa shape index (κ3) is 2.50. The Morgan fingerprint density at radius 2 is 1.94 bits per heavy atom. The van der Waals surface area contributed by atoms with Gasteiger partial charge in [-0.2, -0.15) is 0 Å². The molecular formula is C12H20N4. The Labute approximate surface area is 97.1 Å². The number of piperazine rings is 1. The second-order valence-corrected chi connectivity index (χ2v) is 4.59. The lowest BCUT2D eigenvalue weighted by atomic mass is 10.1. The van der Waals surface area contributed by atoms with E-state index in [-0.39, 0.29) is 0 Å². The van der Waals surface area contributed by atoms with Gasteiger partial charge >= 0.3 is 0 Å². The second kappa shape index (κ2) is 4.78. The minimum absolute atomic E-state index is 0.461. The maximum Gasteiger partial charge on any atom is 0.132 e. The zero-order valence-electron chi connectivity index (χ0n) is 10.3. The molecule has 0 spiro atoms. The molecule has 1 N–H and O–H groups in total. The van der Waals surface area contributed by atoms with Crippen molar-refractivity contribution < 1.29 is 0 Å². The van der Waals surface area contributed by atoms with Crippen LogP contribution in [0.3, 0.4) is 0 Å². The summed E-state index contributed by atoms with van der Waals surface area (Å²) in [6, 6.07) is 2.13. The van der Waals surface area contributed by atoms with Crippen molar-refractivity contribution in [2.45, 2.75) is 26.7 Å². The van der Waals surface area contributed by atoms with Crippen molar-refractivity contribution in [1.29, 1.82) is 0 Å². The normalized spacial score (nSPS) is 16.9. The lowest BCUT2D eigenvalue weighted by Crippen LogP contribution is -2.44. The molecule has 0 radical (unpaired) electrons. The molecule has 88 valence electrons. The number of anilines is 1. The standard InChI is InChI=1S/C12H20N4/c1-9(2)11-8-12(15-10(3)14-11)16-6-4-13-5-7-16/h8-9,13H,4-7H2,1-3H3. The molecule has 4 heteroatoms. The molecule has 0 saturated carbocycles. The summed E-state index contributed by atoms with van der Waals surface area (Å²) in [6.45, 7) is 10.5. The van der Waals surface area contributed by atoms with Gasteiger partial charge in [0.25, 0.3) is 0 Å². The zero-order valence-corrected chi connectivity index (χ0v) is 10.3. The lowest BCUT2D eigenvalue weighted by molar-refractivity contribution is 0.583. The molecule has 1 saturated heterocycles. The van der Waals surface area contributed by atoms with Crippen LogP contribution in [0, 0.1) is 6.92 Å². The van der Waals surface area contributed by atoms with Crippen LogP contribution in [-0.2, 0) is 0 Å². The van der Waals surface area contributed by atoms with Crippen molar-refractivity contribution in [3.63, 3.8) is 0 Å². The molecule has 1 aliphatic heterocycles. The monoisotopic (exact) mass is 220 g/mol. The average Bonchev–Trinajstić information content (AvgIpc) is 2.29. The van der Waals surface area contributed by atoms with Crippen LogP contribution < -0.4 is 10.2 Å². The molecule has 2 rings (SSSR count). The molecule has 1 fully saturated rings. The highest BCUT2D eigenvalue weighted by Crippen LogP contribution is 2.18. The molecule has 1 aliphatic rings. The molecule has 2 heterocycles. The molecule has 4 nitrogen and oxygen atoms in total. The molecule has 0 bridgehead atoms. The lowest BCUT2D eigenvalue weighted by Gasteiger charge is -2.29. The van der Waals surface area contributed by atoms with Crippen molar-refractivity contribution in [3.05, 3.63) is 17.6 Å². The van der Waals surface area contributed by atoms with Crippen LogP contribution in [0.5, 0.6) is 0 Å². The maximum absolute atomic E-state index is 4.53. The smallest absolute Gasteiger partial charge is 0.132 e. The molecule has 0 aliphatic carbocycles. The molecular weight excluding hydrogens is 200 g/mol. The number of hydrogen-bond acceptors (Lipinski definition) is 4. The topological polar surface area (TPSA) is 41.1 Å². The van der Waals surface area contributed by atoms with Crippen LogP contribution in [0.4, 0.5) is 5.82 Å². The van der Waals surface area contributed by atoms with Crippen LogP contribution >= 0.6 is 0 Å². The fourth-order valence-corrected chi connectivity index (χ4v) is 1.93. The molecule has 16 heavy (non-hydrogen) atoms. The van der Waals surface area contributed by atoms with Gasteiger partial charge in [-0.25, -0.2) is 9.97 Å². The summed E-state index contributed by atoms with van der Waals surface area (Å²) in [5, 5.41) is 3.35. The predicted octanol–water partition coefficient (Wildman–Crippen LogP) is 1.32. The van der Waals surface area contributed by atoms with E-state index >= 15 is 0 Å². The van der Waals surface area contributed by atoms with Crippen molar-refractivity contribution in [1.82, 2.24) is 15.3 Å². The first-order valence-electron chi connectivity index (χ1n) is 5.98. The Morgan fingerprint density at radius 1 is 1.25 bits per heavy atom. The van der Waals surface area contributed by atoms with E-state index < -0.39 is 0 Å². The van der Waals surface area contributed by atoms with Crippen LogP contribution in [0.1, 0.15) is 31.3 Å². The molecule has 1 aromatic heterocycles. The summed E-state index contributed by atoms with van der Waals surface area (Å²) < 4.78 is 0. The van der Waals surface area contributed by atoms with E-state index in [0.29, 0.717) is 5.92 Å². The molecule has 0 unspecified atom stereocenters. The zero-order chi connectivity index (χ0) is 11.5. The van der Waals surface area contributed by atoms with Crippen LogP contribution in [0.25, 0.3) is 0 Å². The number of rotatable bonds is 2. The van der Waals surface area contributed by atoms with Gasteiger partial charge < -0.3 is 10.2 Å². The van der Waals surface area contributed by atoms with Gasteiger partial charge in [0.15, 0.2) is 0 Å². The summed E-state index contributed by atoms with van der Waals surface area (Å²) in [7, 11) is 0. The van der Waals surface area contributed by atoms with Gasteiger partial charge in [0.2, 0.25) is 0 Å². The SMILES string of the molecule is Cc1nc(C(C)C)cc(N2CCNCC2)n1. The number of aromatic nitrogens is 2. The Hall–Kier alpha value is -1.16. The molecule has 0 aromatic carbocycles. The average molecular weight is 220 g/mol. The van der Waals surface area contributed by atoms with E-state index in [9.17, 15) is 0 Å². The highest BCUT2D eigenvalue weighted by atomic mass is 15.2. The minimum Gasteiger partial charge on any atom is -0.354 e. The first-order chi connectivity index (χ1) is 7.66. The van der Waals surface area contributed by atoms with E-state index in [1.807, 2.05) is 6.92 Å². The number of hydrogen-bond donors (Lipinski definition) is 1. The van der Waals surface area contributed by atoms with Crippen LogP contribution in [0.15, 0.2) is 6.07 Å². The highest BCUT2D eigenvalue weighted by Gasteiger charge is 2.14. The summed E-state index contributed by atoms with van der Waals surface area (Å²) in [5.74, 6) is 2.42. The summed E-state index contributed by atoms with van der Waals surface area (Å²) in [4.78, 5) is 11.3. The molecule has 0 amide bonds. The van der Waals surface area contributed by atoms with Crippen LogP contribution in [0.2, 0.25) is 0 Å². The van der Waals surface area contributed by atoms with E-state index in [1.165, 1.54) is 0 Å². The van der Waals surface area contributed by atoms with E-state index in [1.54, 1.807) is 0 Å². The molecule has 1 aromatic rings. The minimum atomic E-state index is 0.461. The van der Waals surface area contributed by atoms with Gasteiger partial charge in [0.05, 0.1) is 0 Å². The predicted molar refractivity (Wildman–Crippen MR) is 65.9 cm³/mol. The number of nitrogens with zero attached hydrogens (tertiary/aromatic N) is 3.